The Kier molecular flexibility index (Phi) is 78.8. The van der Waals surface area contributed by atoms with E-state index in [0.29, 0.717) is 19.8 Å². The molecule has 0 spiro atoms. The zero-order chi connectivity index (χ0) is 12.4. The number of aliphatic hydroxyl groups excluding tert-OH is 3. The summed E-state index contributed by atoms with van der Waals surface area (Å²) in [4.78, 5) is 0. The van der Waals surface area contributed by atoms with E-state index in [2.05, 4.69) is 20.8 Å². The van der Waals surface area contributed by atoms with E-state index in [1.807, 2.05) is 0 Å². The van der Waals surface area contributed by atoms with Crippen LogP contribution in [0.4, 0.5) is 0 Å². The Bertz CT molecular complexity index is 58.5. The molecule has 17 heavy (non-hydrogen) atoms. The molecule has 0 aliphatic carbocycles. The standard InChI is InChI=1S/3C4H10O.ClH.Ti/c3*1-2-3-4-5;;/h3*5H,2-4H2,1H3;1H;/p-1. The molecule has 0 aromatic rings. The van der Waals surface area contributed by atoms with Crippen molar-refractivity contribution in [2.75, 3.05) is 19.8 Å². The zero-order valence-corrected chi connectivity index (χ0v) is 13.9. The van der Waals surface area contributed by atoms with Crippen LogP contribution >= 0.6 is 0 Å². The van der Waals surface area contributed by atoms with Crippen LogP contribution in [0.5, 0.6) is 0 Å². The number of hydrogen-bond acceptors (Lipinski definition) is 3. The minimum absolute atomic E-state index is 0. The van der Waals surface area contributed by atoms with Gasteiger partial charge in [-0.3, -0.25) is 0 Å². The molecule has 0 amide bonds. The van der Waals surface area contributed by atoms with Gasteiger partial charge in [-0.25, -0.2) is 0 Å². The van der Waals surface area contributed by atoms with Gasteiger partial charge >= 0.3 is 0 Å². The number of rotatable bonds is 6. The Balaban J connectivity index is -0.0000000400. The second-order valence-electron chi connectivity index (χ2n) is 3.23. The first-order valence-electron chi connectivity index (χ1n) is 6.07. The molecule has 0 saturated heterocycles. The fourth-order valence-electron chi connectivity index (χ4n) is 0.474. The van der Waals surface area contributed by atoms with Gasteiger partial charge in [0.05, 0.1) is 0 Å². The molecule has 0 aromatic heterocycles. The van der Waals surface area contributed by atoms with Gasteiger partial charge in [-0.2, -0.15) is 0 Å². The molecular weight excluding hydrogens is 275 g/mol. The molecule has 108 valence electrons. The van der Waals surface area contributed by atoms with Gasteiger partial charge in [0.15, 0.2) is 0 Å². The van der Waals surface area contributed by atoms with E-state index >= 15 is 0 Å². The van der Waals surface area contributed by atoms with Gasteiger partial charge in [0.2, 0.25) is 0 Å². The largest absolute Gasteiger partial charge is 1.00 e. The van der Waals surface area contributed by atoms with Crippen LogP contribution in [0.1, 0.15) is 59.3 Å². The first-order chi connectivity index (χ1) is 7.24. The minimum Gasteiger partial charge on any atom is -1.00 e. The van der Waals surface area contributed by atoms with Gasteiger partial charge < -0.3 is 27.7 Å². The summed E-state index contributed by atoms with van der Waals surface area (Å²) >= 11 is 0. The Morgan fingerprint density at radius 3 is 0.765 bits per heavy atom. The molecule has 0 aliphatic heterocycles. The molecule has 0 bridgehead atoms. The van der Waals surface area contributed by atoms with E-state index in [1.165, 1.54) is 0 Å². The number of aliphatic hydroxyl groups is 3. The zero-order valence-electron chi connectivity index (χ0n) is 11.6. The Hall–Kier alpha value is 0.884. The predicted molar refractivity (Wildman–Crippen MR) is 66.0 cm³/mol. The molecule has 0 fully saturated rings. The molecule has 3 N–H and O–H groups in total. The molecule has 0 aliphatic rings. The Morgan fingerprint density at radius 1 is 0.588 bits per heavy atom. The molecule has 0 atom stereocenters. The Labute approximate surface area is 128 Å². The summed E-state index contributed by atoms with van der Waals surface area (Å²) in [7, 11) is 0. The third kappa shape index (κ3) is 78.9. The quantitative estimate of drug-likeness (QED) is 0.571. The van der Waals surface area contributed by atoms with E-state index in [-0.39, 0.29) is 34.1 Å². The second-order valence-corrected chi connectivity index (χ2v) is 3.23. The molecule has 0 saturated carbocycles. The van der Waals surface area contributed by atoms with Gasteiger partial charge in [-0.05, 0) is 19.3 Å². The van der Waals surface area contributed by atoms with Gasteiger partial charge in [0, 0.05) is 41.5 Å². The first-order valence-corrected chi connectivity index (χ1v) is 6.07. The summed E-state index contributed by atoms with van der Waals surface area (Å²) in [5.41, 5.74) is 0. The van der Waals surface area contributed by atoms with Crippen LogP contribution < -0.4 is 12.4 Å². The smallest absolute Gasteiger partial charge is 0.0430 e. The normalized spacial score (nSPS) is 7.41. The average molecular weight is 306 g/mol. The molecule has 0 unspecified atom stereocenters. The van der Waals surface area contributed by atoms with Crippen LogP contribution in [0.15, 0.2) is 0 Å². The van der Waals surface area contributed by atoms with Crippen molar-refractivity contribution in [1.82, 2.24) is 0 Å². The molecule has 5 heteroatoms. The summed E-state index contributed by atoms with van der Waals surface area (Å²) in [6, 6.07) is 0. The van der Waals surface area contributed by atoms with Crippen molar-refractivity contribution >= 4 is 0 Å². The van der Waals surface area contributed by atoms with Crippen molar-refractivity contribution in [3.8, 4) is 0 Å². The van der Waals surface area contributed by atoms with Crippen LogP contribution in [0.25, 0.3) is 0 Å². The third-order valence-electron chi connectivity index (χ3n) is 1.54. The predicted octanol–water partition coefficient (Wildman–Crippen LogP) is -0.662. The molecule has 3 nitrogen and oxygen atoms in total. The molecule has 0 rings (SSSR count). The molecule has 0 aromatic carbocycles. The fraction of sp³-hybridized carbons (Fsp3) is 1.00. The van der Waals surface area contributed by atoms with E-state index in [4.69, 9.17) is 15.3 Å². The van der Waals surface area contributed by atoms with Crippen LogP contribution in [0.2, 0.25) is 0 Å². The van der Waals surface area contributed by atoms with Crippen LogP contribution in [-0.2, 0) is 21.7 Å². The number of hydrogen-bond donors (Lipinski definition) is 3. The Morgan fingerprint density at radius 2 is 0.765 bits per heavy atom. The number of halogens is 1. The van der Waals surface area contributed by atoms with Crippen LogP contribution in [0.3, 0.4) is 0 Å². The summed E-state index contributed by atoms with van der Waals surface area (Å²) < 4.78 is 0. The fourth-order valence-corrected chi connectivity index (χ4v) is 0.474. The van der Waals surface area contributed by atoms with E-state index in [1.54, 1.807) is 0 Å². The van der Waals surface area contributed by atoms with E-state index in [0.717, 1.165) is 38.5 Å². The maximum Gasteiger partial charge on any atom is 0.0430 e. The average Bonchev–Trinajstić information content (AvgIpc) is 2.23. The first kappa shape index (κ1) is 30.7. The van der Waals surface area contributed by atoms with Crippen molar-refractivity contribution in [2.45, 2.75) is 59.3 Å². The monoisotopic (exact) mass is 305 g/mol. The van der Waals surface area contributed by atoms with Crippen molar-refractivity contribution in [3.63, 3.8) is 0 Å². The minimum atomic E-state index is 0. The number of unbranched alkanes of at least 4 members (excludes halogenated alkanes) is 3. The third-order valence-corrected chi connectivity index (χ3v) is 1.54. The van der Waals surface area contributed by atoms with E-state index in [9.17, 15) is 0 Å². The van der Waals surface area contributed by atoms with Gasteiger partial charge in [0.25, 0.3) is 0 Å². The van der Waals surface area contributed by atoms with Crippen molar-refractivity contribution in [1.29, 1.82) is 0 Å². The summed E-state index contributed by atoms with van der Waals surface area (Å²) in [6.45, 7) is 7.19. The van der Waals surface area contributed by atoms with Gasteiger partial charge in [0.1, 0.15) is 0 Å². The maximum atomic E-state index is 8.07. The van der Waals surface area contributed by atoms with Crippen LogP contribution in [-0.4, -0.2) is 35.1 Å². The van der Waals surface area contributed by atoms with Crippen molar-refractivity contribution < 1.29 is 49.4 Å². The van der Waals surface area contributed by atoms with Gasteiger partial charge in [-0.15, -0.1) is 0 Å². The van der Waals surface area contributed by atoms with E-state index < -0.39 is 0 Å². The summed E-state index contributed by atoms with van der Waals surface area (Å²) in [5, 5.41) is 24.2. The van der Waals surface area contributed by atoms with Crippen molar-refractivity contribution in [2.24, 2.45) is 0 Å². The second kappa shape index (κ2) is 43.6. The topological polar surface area (TPSA) is 60.7 Å². The molecular formula is C12H30ClO3Ti-. The van der Waals surface area contributed by atoms with Gasteiger partial charge in [-0.1, -0.05) is 40.0 Å². The summed E-state index contributed by atoms with van der Waals surface area (Å²) in [6.07, 6.45) is 6.11. The SMILES string of the molecule is CCCCO.CCCCO.CCCCO.[Cl-].[Ti]. The van der Waals surface area contributed by atoms with Crippen LogP contribution in [0, 0.1) is 0 Å². The molecule has 0 radical (unpaired) electrons. The summed E-state index contributed by atoms with van der Waals surface area (Å²) in [5.74, 6) is 0. The van der Waals surface area contributed by atoms with Crippen molar-refractivity contribution in [3.05, 3.63) is 0 Å². The maximum absolute atomic E-state index is 8.07. The molecule has 0 heterocycles.